The van der Waals surface area contributed by atoms with Gasteiger partial charge in [-0.25, -0.2) is 9.78 Å². The molecule has 3 aliphatic heterocycles. The Morgan fingerprint density at radius 3 is 2.29 bits per heavy atom. The predicted molar refractivity (Wildman–Crippen MR) is 120 cm³/mol. The van der Waals surface area contributed by atoms with E-state index in [4.69, 9.17) is 21.1 Å². The SMILES string of the molecule is O=C(N1CCOCC1)N1CCN(Cc2cc3nc(Cl)nc(N4CCOCC4)c3s2)CC1. The van der Waals surface area contributed by atoms with Crippen LogP contribution in [0.2, 0.25) is 5.28 Å². The molecule has 3 saturated heterocycles. The maximum atomic E-state index is 12.7. The van der Waals surface area contributed by atoms with Crippen LogP contribution in [0.25, 0.3) is 10.2 Å². The summed E-state index contributed by atoms with van der Waals surface area (Å²) < 4.78 is 11.9. The van der Waals surface area contributed by atoms with Crippen molar-refractivity contribution >= 4 is 45.0 Å². The summed E-state index contributed by atoms with van der Waals surface area (Å²) in [6.45, 7) is 9.78. The molecular formula is C20H27ClN6O3S. The van der Waals surface area contributed by atoms with Crippen LogP contribution in [0.5, 0.6) is 0 Å². The summed E-state index contributed by atoms with van der Waals surface area (Å²) in [6, 6.07) is 2.27. The van der Waals surface area contributed by atoms with E-state index < -0.39 is 0 Å². The molecule has 0 bridgehead atoms. The molecule has 0 spiro atoms. The largest absolute Gasteiger partial charge is 0.378 e. The lowest BCUT2D eigenvalue weighted by molar-refractivity contribution is 0.0373. The minimum atomic E-state index is 0.143. The second-order valence-electron chi connectivity index (χ2n) is 7.99. The number of hydrogen-bond donors (Lipinski definition) is 0. The van der Waals surface area contributed by atoms with Gasteiger partial charge in [-0.15, -0.1) is 11.3 Å². The Bertz CT molecular complexity index is 923. The molecular weight excluding hydrogens is 440 g/mol. The van der Waals surface area contributed by atoms with Gasteiger partial charge in [-0.3, -0.25) is 4.90 Å². The van der Waals surface area contributed by atoms with E-state index in [-0.39, 0.29) is 11.3 Å². The highest BCUT2D eigenvalue weighted by Gasteiger charge is 2.27. The van der Waals surface area contributed by atoms with Gasteiger partial charge in [0.2, 0.25) is 5.28 Å². The summed E-state index contributed by atoms with van der Waals surface area (Å²) >= 11 is 7.96. The van der Waals surface area contributed by atoms with Crippen molar-refractivity contribution in [3.63, 3.8) is 0 Å². The molecule has 0 N–H and O–H groups in total. The van der Waals surface area contributed by atoms with Gasteiger partial charge in [-0.2, -0.15) is 4.98 Å². The number of carbonyl (C=O) groups excluding carboxylic acids is 1. The number of ether oxygens (including phenoxy) is 2. The number of thiophene rings is 1. The molecule has 3 fully saturated rings. The smallest absolute Gasteiger partial charge is 0.320 e. The summed E-state index contributed by atoms with van der Waals surface area (Å²) in [7, 11) is 0. The minimum absolute atomic E-state index is 0.143. The monoisotopic (exact) mass is 466 g/mol. The number of carbonyl (C=O) groups is 1. The van der Waals surface area contributed by atoms with Crippen molar-refractivity contribution in [2.45, 2.75) is 6.54 Å². The number of anilines is 1. The second kappa shape index (κ2) is 9.41. The average Bonchev–Trinajstić information content (AvgIpc) is 3.21. The van der Waals surface area contributed by atoms with Gasteiger partial charge >= 0.3 is 6.03 Å². The Labute approximate surface area is 190 Å². The third-order valence-electron chi connectivity index (χ3n) is 5.99. The molecule has 0 unspecified atom stereocenters. The molecule has 0 aromatic carbocycles. The van der Waals surface area contributed by atoms with Crippen LogP contribution in [-0.2, 0) is 16.0 Å². The maximum Gasteiger partial charge on any atom is 0.320 e. The van der Waals surface area contributed by atoms with Crippen molar-refractivity contribution in [3.8, 4) is 0 Å². The van der Waals surface area contributed by atoms with E-state index in [9.17, 15) is 4.79 Å². The molecule has 2 amide bonds. The molecule has 3 aliphatic rings. The summed E-state index contributed by atoms with van der Waals surface area (Å²) in [5.74, 6) is 0.912. The lowest BCUT2D eigenvalue weighted by Crippen LogP contribution is -2.54. The highest BCUT2D eigenvalue weighted by atomic mass is 35.5. The molecule has 31 heavy (non-hydrogen) atoms. The van der Waals surface area contributed by atoms with Crippen LogP contribution in [0.15, 0.2) is 6.07 Å². The lowest BCUT2D eigenvalue weighted by Gasteiger charge is -2.38. The third kappa shape index (κ3) is 4.73. The predicted octanol–water partition coefficient (Wildman–Crippen LogP) is 1.75. The van der Waals surface area contributed by atoms with Gasteiger partial charge in [0.25, 0.3) is 0 Å². The molecule has 0 atom stereocenters. The quantitative estimate of drug-likeness (QED) is 0.638. The molecule has 168 valence electrons. The highest BCUT2D eigenvalue weighted by molar-refractivity contribution is 7.19. The van der Waals surface area contributed by atoms with Gasteiger partial charge in [-0.1, -0.05) is 0 Å². The van der Waals surface area contributed by atoms with Crippen molar-refractivity contribution in [3.05, 3.63) is 16.2 Å². The average molecular weight is 467 g/mol. The van der Waals surface area contributed by atoms with Crippen LogP contribution in [0.4, 0.5) is 10.6 Å². The molecule has 2 aromatic rings. The summed E-state index contributed by atoms with van der Waals surface area (Å²) in [5.41, 5.74) is 0.905. The Morgan fingerprint density at radius 1 is 0.935 bits per heavy atom. The van der Waals surface area contributed by atoms with Crippen LogP contribution in [0.3, 0.4) is 0 Å². The van der Waals surface area contributed by atoms with E-state index in [0.29, 0.717) is 39.5 Å². The third-order valence-corrected chi connectivity index (χ3v) is 7.27. The number of morpholine rings is 2. The van der Waals surface area contributed by atoms with E-state index in [2.05, 4.69) is 25.8 Å². The Kier molecular flexibility index (Phi) is 6.42. The zero-order chi connectivity index (χ0) is 21.2. The molecule has 2 aromatic heterocycles. The molecule has 9 nitrogen and oxygen atoms in total. The van der Waals surface area contributed by atoms with Crippen LogP contribution in [0.1, 0.15) is 4.88 Å². The fraction of sp³-hybridized carbons (Fsp3) is 0.650. The number of aromatic nitrogens is 2. The van der Waals surface area contributed by atoms with Crippen LogP contribution in [-0.4, -0.2) is 109 Å². The first kappa shape index (κ1) is 21.1. The zero-order valence-electron chi connectivity index (χ0n) is 17.5. The lowest BCUT2D eigenvalue weighted by atomic mass is 10.3. The number of nitrogens with zero attached hydrogens (tertiary/aromatic N) is 6. The van der Waals surface area contributed by atoms with Crippen LogP contribution in [0, 0.1) is 0 Å². The van der Waals surface area contributed by atoms with Crippen LogP contribution < -0.4 is 4.90 Å². The first-order chi connectivity index (χ1) is 15.2. The molecule has 0 aliphatic carbocycles. The number of piperazine rings is 1. The van der Waals surface area contributed by atoms with E-state index in [0.717, 1.165) is 61.8 Å². The van der Waals surface area contributed by atoms with E-state index in [1.54, 1.807) is 11.3 Å². The van der Waals surface area contributed by atoms with Crippen molar-refractivity contribution in [2.24, 2.45) is 0 Å². The summed E-state index contributed by atoms with van der Waals surface area (Å²) in [6.07, 6.45) is 0. The molecule has 5 heterocycles. The van der Waals surface area contributed by atoms with Crippen molar-refractivity contribution in [1.29, 1.82) is 0 Å². The van der Waals surface area contributed by atoms with Crippen molar-refractivity contribution < 1.29 is 14.3 Å². The fourth-order valence-corrected chi connectivity index (χ4v) is 5.60. The number of fused-ring (bicyclic) bond motifs is 1. The minimum Gasteiger partial charge on any atom is -0.378 e. The van der Waals surface area contributed by atoms with Gasteiger partial charge in [-0.05, 0) is 17.7 Å². The number of halogens is 1. The maximum absolute atomic E-state index is 12.7. The molecule has 5 rings (SSSR count). The number of amides is 2. The van der Waals surface area contributed by atoms with Gasteiger partial charge < -0.3 is 24.2 Å². The number of hydrogen-bond acceptors (Lipinski definition) is 8. The van der Waals surface area contributed by atoms with Crippen LogP contribution >= 0.6 is 22.9 Å². The second-order valence-corrected chi connectivity index (χ2v) is 9.46. The zero-order valence-corrected chi connectivity index (χ0v) is 19.0. The van der Waals surface area contributed by atoms with E-state index >= 15 is 0 Å². The van der Waals surface area contributed by atoms with E-state index in [1.807, 2.05) is 9.80 Å². The van der Waals surface area contributed by atoms with Gasteiger partial charge in [0.1, 0.15) is 0 Å². The van der Waals surface area contributed by atoms with Crippen molar-refractivity contribution in [2.75, 3.05) is 83.7 Å². The first-order valence-electron chi connectivity index (χ1n) is 10.8. The standard InChI is InChI=1S/C20H27ClN6O3S/c21-19-22-16-13-15(31-17(16)18(23-19)25-5-9-29-10-6-25)14-24-1-3-26(4-2-24)20(28)27-7-11-30-12-8-27/h13H,1-12,14H2. The molecule has 0 saturated carbocycles. The Balaban J connectivity index is 1.23. The highest BCUT2D eigenvalue weighted by Crippen LogP contribution is 2.34. The van der Waals surface area contributed by atoms with Gasteiger partial charge in [0, 0.05) is 63.8 Å². The first-order valence-corrected chi connectivity index (χ1v) is 12.0. The molecule has 11 heteroatoms. The Morgan fingerprint density at radius 2 is 1.58 bits per heavy atom. The van der Waals surface area contributed by atoms with Gasteiger partial charge in [0.05, 0.1) is 36.6 Å². The molecule has 0 radical (unpaired) electrons. The number of rotatable bonds is 3. The Hall–Kier alpha value is -1.72. The fourth-order valence-electron chi connectivity index (χ4n) is 4.28. The normalized spacial score (nSPS) is 21.1. The topological polar surface area (TPSA) is 74.3 Å². The van der Waals surface area contributed by atoms with E-state index in [1.165, 1.54) is 4.88 Å². The summed E-state index contributed by atoms with van der Waals surface area (Å²) in [5, 5.41) is 0.286. The number of urea groups is 1. The van der Waals surface area contributed by atoms with Crippen molar-refractivity contribution in [1.82, 2.24) is 24.7 Å². The summed E-state index contributed by atoms with van der Waals surface area (Å²) in [4.78, 5) is 31.4. The van der Waals surface area contributed by atoms with Gasteiger partial charge in [0.15, 0.2) is 5.82 Å².